The molecule has 0 aliphatic carbocycles. The first kappa shape index (κ1) is 15.7. The lowest BCUT2D eigenvalue weighted by atomic mass is 9.92. The second-order valence-electron chi connectivity index (χ2n) is 5.49. The quantitative estimate of drug-likeness (QED) is 0.812. The molecule has 2 N–H and O–H groups in total. The maximum absolute atomic E-state index is 12.6. The number of aliphatic carboxylic acids is 1. The first-order chi connectivity index (χ1) is 11.4. The van der Waals surface area contributed by atoms with E-state index in [2.05, 4.69) is 0 Å². The fourth-order valence-corrected chi connectivity index (χ4v) is 2.87. The van der Waals surface area contributed by atoms with Crippen LogP contribution in [0.3, 0.4) is 0 Å². The number of carbonyl (C=O) groups is 4. The Morgan fingerprint density at radius 2 is 1.71 bits per heavy atom. The first-order valence-corrected chi connectivity index (χ1v) is 7.28. The van der Waals surface area contributed by atoms with Crippen molar-refractivity contribution in [3.8, 4) is 0 Å². The van der Waals surface area contributed by atoms with Crippen molar-refractivity contribution in [2.45, 2.75) is 12.8 Å². The summed E-state index contributed by atoms with van der Waals surface area (Å²) in [5, 5.41) is 18.8. The molecule has 122 valence electrons. The van der Waals surface area contributed by atoms with Gasteiger partial charge in [0.15, 0.2) is 0 Å². The number of carbonyl (C=O) groups excluding carboxylic acids is 2. The van der Waals surface area contributed by atoms with E-state index in [1.807, 2.05) is 0 Å². The molecule has 2 amide bonds. The number of rotatable bonds is 5. The van der Waals surface area contributed by atoms with Gasteiger partial charge in [0.1, 0.15) is 0 Å². The molecule has 3 rings (SSSR count). The second kappa shape index (κ2) is 5.77. The largest absolute Gasteiger partial charge is 0.481 e. The molecule has 0 fully saturated rings. The Hall–Kier alpha value is -3.22. The summed E-state index contributed by atoms with van der Waals surface area (Å²) in [6.45, 7) is -0.0307. The number of amides is 2. The lowest BCUT2D eigenvalue weighted by molar-refractivity contribution is -0.137. The third-order valence-electron chi connectivity index (χ3n) is 3.95. The highest BCUT2D eigenvalue weighted by Gasteiger charge is 2.33. The number of hydrogen-bond donors (Lipinski definition) is 2. The Labute approximate surface area is 136 Å². The van der Waals surface area contributed by atoms with Gasteiger partial charge in [0.2, 0.25) is 0 Å². The molecule has 0 saturated heterocycles. The van der Waals surface area contributed by atoms with E-state index in [9.17, 15) is 24.3 Å². The molecule has 0 atom stereocenters. The van der Waals surface area contributed by atoms with Crippen molar-refractivity contribution in [2.24, 2.45) is 0 Å². The minimum Gasteiger partial charge on any atom is -0.481 e. The van der Waals surface area contributed by atoms with E-state index in [0.717, 1.165) is 4.90 Å². The highest BCUT2D eigenvalue weighted by Crippen LogP contribution is 2.31. The molecule has 1 heterocycles. The zero-order valence-electron chi connectivity index (χ0n) is 12.5. The molecule has 0 spiro atoms. The first-order valence-electron chi connectivity index (χ1n) is 7.28. The van der Waals surface area contributed by atoms with Gasteiger partial charge in [-0.3, -0.25) is 19.3 Å². The Morgan fingerprint density at radius 3 is 2.38 bits per heavy atom. The fourth-order valence-electron chi connectivity index (χ4n) is 2.87. The second-order valence-corrected chi connectivity index (χ2v) is 5.49. The van der Waals surface area contributed by atoms with E-state index >= 15 is 0 Å². The van der Waals surface area contributed by atoms with E-state index in [4.69, 9.17) is 5.11 Å². The van der Waals surface area contributed by atoms with Gasteiger partial charge in [-0.05, 0) is 30.0 Å². The van der Waals surface area contributed by atoms with Crippen LogP contribution in [-0.2, 0) is 4.79 Å². The van der Waals surface area contributed by atoms with Crippen LogP contribution >= 0.6 is 0 Å². The van der Waals surface area contributed by atoms with Crippen LogP contribution in [0.4, 0.5) is 0 Å². The summed E-state index contributed by atoms with van der Waals surface area (Å²) >= 11 is 0. The van der Waals surface area contributed by atoms with Crippen LogP contribution in [0.5, 0.6) is 0 Å². The highest BCUT2D eigenvalue weighted by atomic mass is 16.4. The topological polar surface area (TPSA) is 112 Å². The molecule has 0 aromatic heterocycles. The van der Waals surface area contributed by atoms with Gasteiger partial charge in [-0.1, -0.05) is 12.1 Å². The molecule has 1 aliphatic heterocycles. The van der Waals surface area contributed by atoms with E-state index < -0.39 is 23.8 Å². The van der Waals surface area contributed by atoms with Gasteiger partial charge in [0, 0.05) is 29.5 Å². The molecule has 2 aromatic carbocycles. The van der Waals surface area contributed by atoms with Gasteiger partial charge in [0.25, 0.3) is 11.8 Å². The van der Waals surface area contributed by atoms with Crippen LogP contribution in [0.15, 0.2) is 30.3 Å². The summed E-state index contributed by atoms with van der Waals surface area (Å²) in [5.74, 6) is -3.27. The Balaban J connectivity index is 2.10. The molecule has 1 aliphatic rings. The van der Waals surface area contributed by atoms with Crippen molar-refractivity contribution in [2.75, 3.05) is 6.54 Å². The molecule has 0 bridgehead atoms. The minimum atomic E-state index is -1.17. The van der Waals surface area contributed by atoms with Crippen molar-refractivity contribution in [1.29, 1.82) is 0 Å². The third kappa shape index (κ3) is 2.50. The number of imide groups is 1. The molecule has 2 aromatic rings. The van der Waals surface area contributed by atoms with Crippen molar-refractivity contribution in [1.82, 2.24) is 4.90 Å². The van der Waals surface area contributed by atoms with Gasteiger partial charge in [-0.25, -0.2) is 4.79 Å². The predicted octanol–water partition coefficient (Wildman–Crippen LogP) is 2.00. The van der Waals surface area contributed by atoms with Gasteiger partial charge >= 0.3 is 11.9 Å². The molecular formula is C17H13NO6. The SMILES string of the molecule is O=C(O)CCCN1C(=O)c2cccc3cc(C(=O)O)cc(c23)C1=O. The Bertz CT molecular complexity index is 901. The number of hydrogen-bond acceptors (Lipinski definition) is 4. The lowest BCUT2D eigenvalue weighted by Crippen LogP contribution is -2.41. The van der Waals surface area contributed by atoms with Crippen LogP contribution in [0.25, 0.3) is 10.8 Å². The molecule has 0 radical (unpaired) electrons. The molecule has 24 heavy (non-hydrogen) atoms. The van der Waals surface area contributed by atoms with Crippen molar-refractivity contribution >= 4 is 34.5 Å². The van der Waals surface area contributed by atoms with Crippen LogP contribution in [0, 0.1) is 0 Å². The minimum absolute atomic E-state index is 0.0307. The van der Waals surface area contributed by atoms with Gasteiger partial charge in [-0.15, -0.1) is 0 Å². The third-order valence-corrected chi connectivity index (χ3v) is 3.95. The van der Waals surface area contributed by atoms with Crippen LogP contribution in [0.2, 0.25) is 0 Å². The number of nitrogens with zero attached hydrogens (tertiary/aromatic N) is 1. The van der Waals surface area contributed by atoms with Crippen LogP contribution < -0.4 is 0 Å². The summed E-state index contributed by atoms with van der Waals surface area (Å²) in [7, 11) is 0. The highest BCUT2D eigenvalue weighted by molar-refractivity contribution is 6.26. The molecular weight excluding hydrogens is 314 g/mol. The molecule has 7 nitrogen and oxygen atoms in total. The van der Waals surface area contributed by atoms with E-state index in [1.165, 1.54) is 12.1 Å². The van der Waals surface area contributed by atoms with Crippen LogP contribution in [-0.4, -0.2) is 45.4 Å². The summed E-state index contributed by atoms with van der Waals surface area (Å²) in [5.41, 5.74) is 0.424. The monoisotopic (exact) mass is 327 g/mol. The predicted molar refractivity (Wildman–Crippen MR) is 83.1 cm³/mol. The molecule has 7 heteroatoms. The van der Waals surface area contributed by atoms with E-state index in [-0.39, 0.29) is 30.5 Å². The zero-order valence-corrected chi connectivity index (χ0v) is 12.5. The normalized spacial score (nSPS) is 13.4. The number of carboxylic acids is 2. The average Bonchev–Trinajstić information content (AvgIpc) is 2.54. The Kier molecular flexibility index (Phi) is 3.76. The molecule has 0 saturated carbocycles. The fraction of sp³-hybridized carbons (Fsp3) is 0.176. The molecule has 0 unspecified atom stereocenters. The maximum Gasteiger partial charge on any atom is 0.335 e. The number of carboxylic acid groups (broad SMARTS) is 2. The lowest BCUT2D eigenvalue weighted by Gasteiger charge is -2.27. The summed E-state index contributed by atoms with van der Waals surface area (Å²) in [6.07, 6.45) is -0.0278. The average molecular weight is 327 g/mol. The summed E-state index contributed by atoms with van der Waals surface area (Å²) < 4.78 is 0. The maximum atomic E-state index is 12.6. The number of benzene rings is 2. The van der Waals surface area contributed by atoms with E-state index in [1.54, 1.807) is 18.2 Å². The van der Waals surface area contributed by atoms with Crippen LogP contribution in [0.1, 0.15) is 43.9 Å². The van der Waals surface area contributed by atoms with Crippen molar-refractivity contribution in [3.05, 3.63) is 47.0 Å². The van der Waals surface area contributed by atoms with Crippen molar-refractivity contribution in [3.63, 3.8) is 0 Å². The van der Waals surface area contributed by atoms with E-state index in [0.29, 0.717) is 16.3 Å². The standard InChI is InChI=1S/C17H13NO6/c19-13(20)5-2-6-18-15(21)11-4-1-3-9-7-10(17(23)24)8-12(14(9)11)16(18)22/h1,3-4,7-8H,2,5-6H2,(H,19,20)(H,23,24). The summed E-state index contributed by atoms with van der Waals surface area (Å²) in [4.78, 5) is 48.0. The smallest absolute Gasteiger partial charge is 0.335 e. The summed E-state index contributed by atoms with van der Waals surface area (Å²) in [6, 6.07) is 7.52. The zero-order chi connectivity index (χ0) is 17.4. The van der Waals surface area contributed by atoms with Gasteiger partial charge in [-0.2, -0.15) is 0 Å². The van der Waals surface area contributed by atoms with Gasteiger partial charge in [0.05, 0.1) is 5.56 Å². The van der Waals surface area contributed by atoms with Gasteiger partial charge < -0.3 is 10.2 Å². The van der Waals surface area contributed by atoms with Crippen molar-refractivity contribution < 1.29 is 29.4 Å². The Morgan fingerprint density at radius 1 is 1.00 bits per heavy atom. The number of aromatic carboxylic acids is 1.